The number of hydrogen-bond donors (Lipinski definition) is 2. The molecule has 0 saturated carbocycles. The molecule has 6 nitrogen and oxygen atoms in total. The lowest BCUT2D eigenvalue weighted by molar-refractivity contribution is 0.0524. The smallest absolute Gasteiger partial charge is 0.347 e. The van der Waals surface area contributed by atoms with Gasteiger partial charge in [-0.2, -0.15) is 0 Å². The number of anilines is 2. The lowest BCUT2D eigenvalue weighted by atomic mass is 10.2. The molecule has 0 aliphatic heterocycles. The van der Waals surface area contributed by atoms with Gasteiger partial charge in [0.2, 0.25) is 5.88 Å². The van der Waals surface area contributed by atoms with Crippen LogP contribution in [-0.2, 0) is 11.3 Å². The van der Waals surface area contributed by atoms with Gasteiger partial charge in [-0.25, -0.2) is 4.79 Å². The molecular formula is C20H19NO5. The highest BCUT2D eigenvalue weighted by atomic mass is 16.5. The maximum absolute atomic E-state index is 11.9. The Morgan fingerprint density at radius 3 is 2.54 bits per heavy atom. The Morgan fingerprint density at radius 1 is 1.12 bits per heavy atom. The van der Waals surface area contributed by atoms with E-state index in [9.17, 15) is 9.90 Å². The summed E-state index contributed by atoms with van der Waals surface area (Å²) in [6, 6.07) is 17.1. The van der Waals surface area contributed by atoms with E-state index >= 15 is 0 Å². The number of benzene rings is 2. The molecule has 0 spiro atoms. The van der Waals surface area contributed by atoms with Crippen LogP contribution in [-0.4, -0.2) is 17.7 Å². The van der Waals surface area contributed by atoms with Gasteiger partial charge in [-0.05, 0) is 36.8 Å². The Labute approximate surface area is 151 Å². The molecular weight excluding hydrogens is 334 g/mol. The van der Waals surface area contributed by atoms with E-state index in [0.717, 1.165) is 11.8 Å². The highest BCUT2D eigenvalue weighted by Crippen LogP contribution is 2.31. The summed E-state index contributed by atoms with van der Waals surface area (Å²) in [5.41, 5.74) is 1.73. The summed E-state index contributed by atoms with van der Waals surface area (Å²) in [5.74, 6) is -0.0796. The van der Waals surface area contributed by atoms with Gasteiger partial charge in [0.05, 0.1) is 6.61 Å². The van der Waals surface area contributed by atoms with E-state index in [0.29, 0.717) is 18.0 Å². The standard InChI is InChI=1S/C20H19NO5/c1-2-24-20(23)18-17(22)13-26-19(18)21-15-8-10-16(11-9-15)25-12-14-6-4-3-5-7-14/h3-11,13,21-22H,2,12H2,1H3. The van der Waals surface area contributed by atoms with Gasteiger partial charge in [-0.15, -0.1) is 0 Å². The SMILES string of the molecule is CCOC(=O)c1c(O)coc1Nc1ccc(OCc2ccccc2)cc1. The maximum Gasteiger partial charge on any atom is 0.347 e. The van der Waals surface area contributed by atoms with Crippen molar-refractivity contribution >= 4 is 17.5 Å². The predicted molar refractivity (Wildman–Crippen MR) is 96.8 cm³/mol. The van der Waals surface area contributed by atoms with Crippen LogP contribution in [0.25, 0.3) is 0 Å². The lowest BCUT2D eigenvalue weighted by Crippen LogP contribution is -2.06. The van der Waals surface area contributed by atoms with E-state index < -0.39 is 5.97 Å². The van der Waals surface area contributed by atoms with Gasteiger partial charge in [-0.3, -0.25) is 0 Å². The molecule has 3 rings (SSSR count). The molecule has 1 heterocycles. The fourth-order valence-corrected chi connectivity index (χ4v) is 2.35. The summed E-state index contributed by atoms with van der Waals surface area (Å²) in [5, 5.41) is 12.7. The van der Waals surface area contributed by atoms with Crippen molar-refractivity contribution in [1.29, 1.82) is 0 Å². The number of carbonyl (C=O) groups is 1. The molecule has 6 heteroatoms. The highest BCUT2D eigenvalue weighted by Gasteiger charge is 2.22. The van der Waals surface area contributed by atoms with Crippen molar-refractivity contribution in [3.63, 3.8) is 0 Å². The van der Waals surface area contributed by atoms with Crippen LogP contribution in [0.15, 0.2) is 65.3 Å². The second-order valence-corrected chi connectivity index (χ2v) is 5.47. The zero-order chi connectivity index (χ0) is 18.4. The van der Waals surface area contributed by atoms with Gasteiger partial charge in [0, 0.05) is 5.69 Å². The summed E-state index contributed by atoms with van der Waals surface area (Å²) >= 11 is 0. The van der Waals surface area contributed by atoms with Crippen LogP contribution in [0.4, 0.5) is 11.6 Å². The zero-order valence-electron chi connectivity index (χ0n) is 14.3. The first kappa shape index (κ1) is 17.4. The number of ether oxygens (including phenoxy) is 2. The number of furan rings is 1. The molecule has 134 valence electrons. The average molecular weight is 353 g/mol. The van der Waals surface area contributed by atoms with E-state index in [2.05, 4.69) is 5.32 Å². The number of nitrogens with one attached hydrogen (secondary N) is 1. The quantitative estimate of drug-likeness (QED) is 0.609. The van der Waals surface area contributed by atoms with Gasteiger partial charge in [0.25, 0.3) is 0 Å². The van der Waals surface area contributed by atoms with Crippen molar-refractivity contribution < 1.29 is 23.8 Å². The summed E-state index contributed by atoms with van der Waals surface area (Å²) in [7, 11) is 0. The molecule has 26 heavy (non-hydrogen) atoms. The number of aromatic hydroxyl groups is 1. The zero-order valence-corrected chi connectivity index (χ0v) is 14.3. The van der Waals surface area contributed by atoms with Crippen molar-refractivity contribution in [2.24, 2.45) is 0 Å². The molecule has 1 aromatic heterocycles. The van der Waals surface area contributed by atoms with Gasteiger partial charge in [0.15, 0.2) is 11.3 Å². The monoisotopic (exact) mass is 353 g/mol. The van der Waals surface area contributed by atoms with Gasteiger partial charge in [-0.1, -0.05) is 30.3 Å². The minimum absolute atomic E-state index is 0.0312. The van der Waals surface area contributed by atoms with Crippen LogP contribution >= 0.6 is 0 Å². The Balaban J connectivity index is 1.65. The fraction of sp³-hybridized carbons (Fsp3) is 0.150. The molecule has 3 aromatic rings. The van der Waals surface area contributed by atoms with Crippen LogP contribution in [0.1, 0.15) is 22.8 Å². The first-order valence-corrected chi connectivity index (χ1v) is 8.18. The van der Waals surface area contributed by atoms with Crippen molar-refractivity contribution in [3.05, 3.63) is 72.0 Å². The fourth-order valence-electron chi connectivity index (χ4n) is 2.35. The third-order valence-corrected chi connectivity index (χ3v) is 3.61. The molecule has 2 aromatic carbocycles. The third kappa shape index (κ3) is 4.16. The van der Waals surface area contributed by atoms with E-state index in [1.165, 1.54) is 0 Å². The molecule has 2 N–H and O–H groups in total. The molecule has 0 unspecified atom stereocenters. The molecule has 0 atom stereocenters. The maximum atomic E-state index is 11.9. The molecule has 0 fully saturated rings. The van der Waals surface area contributed by atoms with Crippen LogP contribution in [0.3, 0.4) is 0 Å². The number of rotatable bonds is 7. The molecule has 0 saturated heterocycles. The number of esters is 1. The van der Waals surface area contributed by atoms with E-state index in [-0.39, 0.29) is 23.8 Å². The summed E-state index contributed by atoms with van der Waals surface area (Å²) in [6.07, 6.45) is 1.09. The molecule has 0 radical (unpaired) electrons. The Morgan fingerprint density at radius 2 is 1.85 bits per heavy atom. The van der Waals surface area contributed by atoms with Crippen molar-refractivity contribution in [2.45, 2.75) is 13.5 Å². The highest BCUT2D eigenvalue weighted by molar-refractivity contribution is 5.98. The second-order valence-electron chi connectivity index (χ2n) is 5.47. The van der Waals surface area contributed by atoms with Crippen molar-refractivity contribution in [3.8, 4) is 11.5 Å². The number of hydrogen-bond acceptors (Lipinski definition) is 6. The number of carbonyl (C=O) groups excluding carboxylic acids is 1. The Bertz CT molecular complexity index is 856. The van der Waals surface area contributed by atoms with Crippen LogP contribution < -0.4 is 10.1 Å². The predicted octanol–water partition coefficient (Wildman–Crippen LogP) is 4.48. The second kappa shape index (κ2) is 8.11. The minimum Gasteiger partial charge on any atom is -0.504 e. The largest absolute Gasteiger partial charge is 0.504 e. The van der Waals surface area contributed by atoms with Gasteiger partial charge >= 0.3 is 5.97 Å². The molecule has 0 aliphatic rings. The van der Waals surface area contributed by atoms with Crippen LogP contribution in [0.2, 0.25) is 0 Å². The lowest BCUT2D eigenvalue weighted by Gasteiger charge is -2.09. The minimum atomic E-state index is -0.649. The summed E-state index contributed by atoms with van der Waals surface area (Å²) in [6.45, 7) is 2.37. The summed E-state index contributed by atoms with van der Waals surface area (Å²) < 4.78 is 15.9. The Kier molecular flexibility index (Phi) is 5.43. The van der Waals surface area contributed by atoms with E-state index in [4.69, 9.17) is 13.9 Å². The van der Waals surface area contributed by atoms with Gasteiger partial charge in [0.1, 0.15) is 18.6 Å². The van der Waals surface area contributed by atoms with Gasteiger partial charge < -0.3 is 24.3 Å². The normalized spacial score (nSPS) is 10.3. The van der Waals surface area contributed by atoms with E-state index in [1.807, 2.05) is 30.3 Å². The molecule has 0 bridgehead atoms. The van der Waals surface area contributed by atoms with Crippen molar-refractivity contribution in [2.75, 3.05) is 11.9 Å². The molecule has 0 aliphatic carbocycles. The summed E-state index contributed by atoms with van der Waals surface area (Å²) in [4.78, 5) is 11.9. The molecule has 0 amide bonds. The Hall–Kier alpha value is -3.41. The first-order chi connectivity index (χ1) is 12.7. The van der Waals surface area contributed by atoms with Crippen LogP contribution in [0, 0.1) is 0 Å². The average Bonchev–Trinajstić information content (AvgIpc) is 3.02. The van der Waals surface area contributed by atoms with E-state index in [1.54, 1.807) is 31.2 Å². The topological polar surface area (TPSA) is 80.9 Å². The van der Waals surface area contributed by atoms with Crippen LogP contribution in [0.5, 0.6) is 11.5 Å². The van der Waals surface area contributed by atoms with Crippen molar-refractivity contribution in [1.82, 2.24) is 0 Å². The third-order valence-electron chi connectivity index (χ3n) is 3.61. The first-order valence-electron chi connectivity index (χ1n) is 8.18.